The maximum atomic E-state index is 12.1. The molecule has 1 aliphatic rings. The van der Waals surface area contributed by atoms with Crippen LogP contribution in [-0.2, 0) is 0 Å². The third-order valence-electron chi connectivity index (χ3n) is 4.87. The van der Waals surface area contributed by atoms with Gasteiger partial charge in [0.15, 0.2) is 0 Å². The lowest BCUT2D eigenvalue weighted by Gasteiger charge is -2.29. The van der Waals surface area contributed by atoms with Gasteiger partial charge in [0.2, 0.25) is 0 Å². The zero-order chi connectivity index (χ0) is 20.5. The molecule has 4 rings (SSSR count). The molecule has 3 aromatic rings. The van der Waals surface area contributed by atoms with Gasteiger partial charge in [0.1, 0.15) is 9.61 Å². The Morgan fingerprint density at radius 1 is 1.24 bits per heavy atom. The predicted octanol–water partition coefficient (Wildman–Crippen LogP) is 5.16. The van der Waals surface area contributed by atoms with E-state index in [-0.39, 0.29) is 18.0 Å². The van der Waals surface area contributed by atoms with E-state index in [1.54, 1.807) is 12.3 Å². The molecule has 0 spiro atoms. The molecule has 2 amide bonds. The maximum Gasteiger partial charge on any atom is 0.341 e. The van der Waals surface area contributed by atoms with E-state index in [1.165, 1.54) is 11.3 Å². The highest BCUT2D eigenvalue weighted by Gasteiger charge is 2.35. The van der Waals surface area contributed by atoms with Crippen molar-refractivity contribution in [2.24, 2.45) is 4.99 Å². The number of rotatable bonds is 3. The van der Waals surface area contributed by atoms with Gasteiger partial charge in [-0.3, -0.25) is 0 Å². The number of benzene rings is 1. The van der Waals surface area contributed by atoms with Gasteiger partial charge in [-0.2, -0.15) is 5.26 Å². The van der Waals surface area contributed by atoms with Gasteiger partial charge in [0.25, 0.3) is 0 Å². The molecule has 0 aliphatic carbocycles. The minimum absolute atomic E-state index is 0.173. The van der Waals surface area contributed by atoms with Crippen LogP contribution in [0.3, 0.4) is 0 Å². The SMILES string of the molecule is CC1=NC(=O)NC(c2ccc(Br)nc2)C1c1nc(-c2ccc(C#N)cc2C)cs1. The number of aryl methyl sites for hydroxylation is 1. The molecule has 0 saturated carbocycles. The van der Waals surface area contributed by atoms with Gasteiger partial charge in [0.05, 0.1) is 29.3 Å². The third kappa shape index (κ3) is 3.84. The van der Waals surface area contributed by atoms with Gasteiger partial charge in [-0.25, -0.2) is 19.8 Å². The van der Waals surface area contributed by atoms with Crippen molar-refractivity contribution in [3.8, 4) is 17.3 Å². The van der Waals surface area contributed by atoms with Crippen molar-refractivity contribution in [3.63, 3.8) is 0 Å². The van der Waals surface area contributed by atoms with E-state index in [0.717, 1.165) is 37.7 Å². The number of carbonyl (C=O) groups excluding carboxylic acids is 1. The molecule has 1 aromatic carbocycles. The Hall–Kier alpha value is -2.89. The summed E-state index contributed by atoms with van der Waals surface area (Å²) in [5.41, 5.74) is 5.08. The molecule has 2 aromatic heterocycles. The summed E-state index contributed by atoms with van der Waals surface area (Å²) in [7, 11) is 0. The highest BCUT2D eigenvalue weighted by atomic mass is 79.9. The first-order valence-electron chi connectivity index (χ1n) is 8.90. The summed E-state index contributed by atoms with van der Waals surface area (Å²) in [6, 6.07) is 10.9. The highest BCUT2D eigenvalue weighted by molar-refractivity contribution is 9.10. The van der Waals surface area contributed by atoms with Gasteiger partial charge in [0, 0.05) is 22.9 Å². The molecule has 3 heterocycles. The van der Waals surface area contributed by atoms with Crippen LogP contribution in [-0.4, -0.2) is 21.7 Å². The first kappa shape index (κ1) is 19.4. The van der Waals surface area contributed by atoms with Gasteiger partial charge >= 0.3 is 6.03 Å². The minimum Gasteiger partial charge on any atom is -0.328 e. The molecule has 144 valence electrons. The largest absolute Gasteiger partial charge is 0.341 e. The molecule has 29 heavy (non-hydrogen) atoms. The van der Waals surface area contributed by atoms with Crippen molar-refractivity contribution < 1.29 is 4.79 Å². The number of aliphatic imine (C=N–C) groups is 1. The molecule has 2 atom stereocenters. The van der Waals surface area contributed by atoms with Gasteiger partial charge < -0.3 is 5.32 Å². The molecule has 6 nitrogen and oxygen atoms in total. The molecule has 0 bridgehead atoms. The van der Waals surface area contributed by atoms with Crippen molar-refractivity contribution in [2.75, 3.05) is 0 Å². The second-order valence-electron chi connectivity index (χ2n) is 6.78. The van der Waals surface area contributed by atoms with Crippen LogP contribution in [0, 0.1) is 18.3 Å². The van der Waals surface area contributed by atoms with Crippen LogP contribution < -0.4 is 5.32 Å². The number of hydrogen-bond donors (Lipinski definition) is 1. The van der Waals surface area contributed by atoms with Crippen molar-refractivity contribution in [1.82, 2.24) is 15.3 Å². The Kier molecular flexibility index (Phi) is 5.26. The first-order chi connectivity index (χ1) is 14.0. The number of pyridine rings is 1. The van der Waals surface area contributed by atoms with Crippen molar-refractivity contribution >= 4 is 39.0 Å². The van der Waals surface area contributed by atoms with Crippen LogP contribution in [0.4, 0.5) is 4.79 Å². The first-order valence-corrected chi connectivity index (χ1v) is 10.6. The smallest absolute Gasteiger partial charge is 0.328 e. The van der Waals surface area contributed by atoms with E-state index < -0.39 is 0 Å². The second kappa shape index (κ2) is 7.85. The second-order valence-corrected chi connectivity index (χ2v) is 8.49. The average molecular weight is 466 g/mol. The molecule has 1 aliphatic heterocycles. The summed E-state index contributed by atoms with van der Waals surface area (Å²) in [5.74, 6) is -0.173. The summed E-state index contributed by atoms with van der Waals surface area (Å²) in [6.07, 6.45) is 1.75. The molecule has 0 radical (unpaired) electrons. The topological polar surface area (TPSA) is 91.0 Å². The number of carbonyl (C=O) groups is 1. The summed E-state index contributed by atoms with van der Waals surface area (Å²) >= 11 is 4.89. The van der Waals surface area contributed by atoms with Crippen LogP contribution >= 0.6 is 27.3 Å². The number of hydrogen-bond acceptors (Lipinski definition) is 5. The quantitative estimate of drug-likeness (QED) is 0.540. The van der Waals surface area contributed by atoms with Crippen LogP contribution in [0.25, 0.3) is 11.3 Å². The number of nitrogens with one attached hydrogen (secondary N) is 1. The van der Waals surface area contributed by atoms with Gasteiger partial charge in [-0.15, -0.1) is 11.3 Å². The van der Waals surface area contributed by atoms with E-state index in [9.17, 15) is 4.79 Å². The molecular weight excluding hydrogens is 450 g/mol. The number of thiazole rings is 1. The van der Waals surface area contributed by atoms with Gasteiger partial charge in [-0.1, -0.05) is 12.1 Å². The summed E-state index contributed by atoms with van der Waals surface area (Å²) in [5, 5.41) is 14.9. The number of urea groups is 1. The van der Waals surface area contributed by atoms with Crippen LogP contribution in [0.5, 0.6) is 0 Å². The van der Waals surface area contributed by atoms with E-state index >= 15 is 0 Å². The minimum atomic E-state index is -0.355. The molecule has 0 saturated heterocycles. The van der Waals surface area contributed by atoms with E-state index in [0.29, 0.717) is 5.56 Å². The lowest BCUT2D eigenvalue weighted by atomic mass is 9.89. The predicted molar refractivity (Wildman–Crippen MR) is 116 cm³/mol. The molecule has 2 unspecified atom stereocenters. The summed E-state index contributed by atoms with van der Waals surface area (Å²) < 4.78 is 0.734. The fraction of sp³-hybridized carbons (Fsp3) is 0.190. The monoisotopic (exact) mass is 465 g/mol. The number of nitriles is 1. The normalized spacial score (nSPS) is 18.7. The lowest BCUT2D eigenvalue weighted by Crippen LogP contribution is -2.38. The fourth-order valence-corrected chi connectivity index (χ4v) is 4.71. The Bertz CT molecular complexity index is 1160. The number of halogens is 1. The summed E-state index contributed by atoms with van der Waals surface area (Å²) in [4.78, 5) is 25.3. The molecule has 0 fully saturated rings. The average Bonchev–Trinajstić information content (AvgIpc) is 3.17. The van der Waals surface area contributed by atoms with Crippen LogP contribution in [0.2, 0.25) is 0 Å². The molecule has 8 heteroatoms. The number of amides is 2. The maximum absolute atomic E-state index is 12.1. The number of nitrogens with zero attached hydrogens (tertiary/aromatic N) is 4. The lowest BCUT2D eigenvalue weighted by molar-refractivity contribution is 0.243. The Morgan fingerprint density at radius 3 is 2.76 bits per heavy atom. The van der Waals surface area contributed by atoms with Gasteiger partial charge in [-0.05, 0) is 59.1 Å². The van der Waals surface area contributed by atoms with E-state index in [1.807, 2.05) is 43.5 Å². The Balaban J connectivity index is 1.74. The zero-order valence-electron chi connectivity index (χ0n) is 15.7. The summed E-state index contributed by atoms with van der Waals surface area (Å²) in [6.45, 7) is 3.83. The highest BCUT2D eigenvalue weighted by Crippen LogP contribution is 2.38. The van der Waals surface area contributed by atoms with E-state index in [4.69, 9.17) is 10.2 Å². The Labute approximate surface area is 180 Å². The zero-order valence-corrected chi connectivity index (χ0v) is 18.1. The van der Waals surface area contributed by atoms with Crippen molar-refractivity contribution in [3.05, 3.63) is 68.2 Å². The van der Waals surface area contributed by atoms with Crippen LogP contribution in [0.1, 0.15) is 40.6 Å². The van der Waals surface area contributed by atoms with Crippen molar-refractivity contribution in [2.45, 2.75) is 25.8 Å². The molecule has 1 N–H and O–H groups in total. The molecular formula is C21H16BrN5OS. The number of aromatic nitrogens is 2. The third-order valence-corrected chi connectivity index (χ3v) is 6.27. The standard InChI is InChI=1S/C21H16BrN5OS/c1-11-7-13(8-23)3-5-15(11)16-10-29-20(26-16)18-12(2)25-21(28)27-19(18)14-4-6-17(22)24-9-14/h3-7,9-10,18-19H,1-2H3,(H,27,28). The van der Waals surface area contributed by atoms with Crippen LogP contribution in [0.15, 0.2) is 51.5 Å². The Morgan fingerprint density at radius 2 is 2.07 bits per heavy atom. The fourth-order valence-electron chi connectivity index (χ4n) is 3.46. The van der Waals surface area contributed by atoms with Crippen molar-refractivity contribution in [1.29, 1.82) is 5.26 Å². The van der Waals surface area contributed by atoms with E-state index in [2.05, 4.69) is 37.3 Å².